The second kappa shape index (κ2) is 14.4. The summed E-state index contributed by atoms with van der Waals surface area (Å²) in [6.45, 7) is 2.51. The van der Waals surface area contributed by atoms with Crippen molar-refractivity contribution in [2.45, 2.75) is 69.1 Å². The van der Waals surface area contributed by atoms with Gasteiger partial charge in [-0.25, -0.2) is 8.78 Å². The number of amides is 3. The number of carbonyl (C=O) groups is 3. The van der Waals surface area contributed by atoms with Crippen molar-refractivity contribution in [3.63, 3.8) is 0 Å². The lowest BCUT2D eigenvalue weighted by molar-refractivity contribution is -0.142. The molecule has 2 aromatic carbocycles. The molecule has 1 aliphatic heterocycles. The molecule has 3 unspecified atom stereocenters. The number of alkyl halides is 1. The van der Waals surface area contributed by atoms with E-state index in [-0.39, 0.29) is 42.5 Å². The molecule has 2 aliphatic rings. The molecule has 228 valence electrons. The van der Waals surface area contributed by atoms with E-state index in [1.165, 1.54) is 12.1 Å². The number of hydrogen-bond acceptors (Lipinski definition) is 5. The normalized spacial score (nSPS) is 19.5. The maximum Gasteiger partial charge on any atom is 0.245 e. The fraction of sp³-hybridized carbons (Fsp3) is 0.516. The average molecular weight is 604 g/mol. The van der Waals surface area contributed by atoms with Gasteiger partial charge in [-0.3, -0.25) is 19.3 Å². The van der Waals surface area contributed by atoms with Crippen molar-refractivity contribution in [1.82, 2.24) is 20.4 Å². The van der Waals surface area contributed by atoms with E-state index in [9.17, 15) is 23.2 Å². The van der Waals surface area contributed by atoms with E-state index in [1.54, 1.807) is 29.2 Å². The van der Waals surface area contributed by atoms with E-state index in [0.29, 0.717) is 50.3 Å². The minimum Gasteiger partial charge on any atom is -0.352 e. The van der Waals surface area contributed by atoms with Crippen LogP contribution in [0, 0.1) is 5.82 Å². The first kappa shape index (κ1) is 31.8. The summed E-state index contributed by atoms with van der Waals surface area (Å²) in [5, 5.41) is 6.16. The lowest BCUT2D eigenvalue weighted by atomic mass is 9.98. The van der Waals surface area contributed by atoms with Crippen molar-refractivity contribution < 1.29 is 23.2 Å². The Morgan fingerprint density at radius 1 is 1.05 bits per heavy atom. The second-order valence-electron chi connectivity index (χ2n) is 11.3. The van der Waals surface area contributed by atoms with Crippen LogP contribution in [0.4, 0.5) is 8.78 Å². The number of halogens is 3. The summed E-state index contributed by atoms with van der Waals surface area (Å²) in [6.07, 6.45) is 3.23. The van der Waals surface area contributed by atoms with Gasteiger partial charge in [0.25, 0.3) is 0 Å². The Balaban J connectivity index is 1.53. The van der Waals surface area contributed by atoms with Gasteiger partial charge in [-0.05, 0) is 61.1 Å². The molecule has 1 aliphatic carbocycles. The Bertz CT molecular complexity index is 1230. The number of rotatable bonds is 13. The van der Waals surface area contributed by atoms with Gasteiger partial charge in [-0.15, -0.1) is 0 Å². The van der Waals surface area contributed by atoms with Crippen LogP contribution in [0.3, 0.4) is 0 Å². The molecule has 0 aromatic heterocycles. The summed E-state index contributed by atoms with van der Waals surface area (Å²) >= 11 is 6.05. The van der Waals surface area contributed by atoms with Gasteiger partial charge in [0.1, 0.15) is 18.5 Å². The molecule has 4 N–H and O–H groups in total. The average Bonchev–Trinajstić information content (AvgIpc) is 3.74. The van der Waals surface area contributed by atoms with Gasteiger partial charge in [0, 0.05) is 43.7 Å². The molecule has 1 saturated heterocycles. The summed E-state index contributed by atoms with van der Waals surface area (Å²) < 4.78 is 26.5. The molecule has 2 fully saturated rings. The minimum absolute atomic E-state index is 0.0693. The maximum atomic E-state index is 14.1. The first-order chi connectivity index (χ1) is 20.1. The number of hydrogen-bond donors (Lipinski definition) is 3. The topological polar surface area (TPSA) is 108 Å². The van der Waals surface area contributed by atoms with Gasteiger partial charge in [-0.2, -0.15) is 0 Å². The number of benzene rings is 2. The molecular weight excluding hydrogens is 564 g/mol. The predicted molar refractivity (Wildman–Crippen MR) is 158 cm³/mol. The Kier molecular flexibility index (Phi) is 10.9. The smallest absolute Gasteiger partial charge is 0.245 e. The molecule has 4 rings (SSSR count). The van der Waals surface area contributed by atoms with Crippen LogP contribution < -0.4 is 16.4 Å². The Labute approximate surface area is 250 Å². The van der Waals surface area contributed by atoms with Gasteiger partial charge >= 0.3 is 0 Å². The SMILES string of the molecule is CCCC1CN(C(Cc2ccc(Cl)cc2)C(=O)NCCF)CCN1C(=O)C(Cc1ccc(F)cc1)NC(=O)C1(N)CC1. The Morgan fingerprint density at radius 3 is 2.31 bits per heavy atom. The van der Waals surface area contributed by atoms with E-state index in [1.807, 2.05) is 19.1 Å². The zero-order valence-corrected chi connectivity index (χ0v) is 24.7. The molecular formula is C31H40ClF2N5O3. The van der Waals surface area contributed by atoms with Crippen LogP contribution >= 0.6 is 11.6 Å². The van der Waals surface area contributed by atoms with E-state index in [4.69, 9.17) is 17.3 Å². The number of piperazine rings is 1. The standard InChI is InChI=1S/C31H40ClF2N5O3/c1-2-3-25-20-38(27(28(40)36-15-14-33)19-22-4-8-23(32)9-5-22)16-17-39(25)29(41)26(37-30(42)31(35)12-13-31)18-21-6-10-24(34)11-7-21/h4-11,25-27H,2-3,12-20,35H2,1H3,(H,36,40)(H,37,42). The van der Waals surface area contributed by atoms with Crippen LogP contribution in [-0.4, -0.2) is 84.0 Å². The van der Waals surface area contributed by atoms with Crippen molar-refractivity contribution >= 4 is 29.3 Å². The van der Waals surface area contributed by atoms with E-state index >= 15 is 0 Å². The molecule has 42 heavy (non-hydrogen) atoms. The van der Waals surface area contributed by atoms with Crippen LogP contribution in [0.2, 0.25) is 5.02 Å². The lowest BCUT2D eigenvalue weighted by Gasteiger charge is -2.45. The van der Waals surface area contributed by atoms with Crippen LogP contribution in [0.5, 0.6) is 0 Å². The zero-order chi connectivity index (χ0) is 30.3. The first-order valence-corrected chi connectivity index (χ1v) is 15.0. The van der Waals surface area contributed by atoms with Crippen molar-refractivity contribution in [2.24, 2.45) is 5.73 Å². The quantitative estimate of drug-likeness (QED) is 0.326. The highest BCUT2D eigenvalue weighted by Crippen LogP contribution is 2.32. The second-order valence-corrected chi connectivity index (χ2v) is 11.7. The molecule has 11 heteroatoms. The van der Waals surface area contributed by atoms with E-state index in [0.717, 1.165) is 17.5 Å². The molecule has 3 atom stereocenters. The first-order valence-electron chi connectivity index (χ1n) is 14.6. The molecule has 2 aromatic rings. The third-order valence-electron chi connectivity index (χ3n) is 8.10. The molecule has 3 amide bonds. The fourth-order valence-corrected chi connectivity index (χ4v) is 5.60. The van der Waals surface area contributed by atoms with Gasteiger partial charge in [0.2, 0.25) is 17.7 Å². The predicted octanol–water partition coefficient (Wildman–Crippen LogP) is 3.01. The van der Waals surface area contributed by atoms with E-state index in [2.05, 4.69) is 15.5 Å². The highest BCUT2D eigenvalue weighted by atomic mass is 35.5. The summed E-state index contributed by atoms with van der Waals surface area (Å²) in [5.74, 6) is -1.24. The lowest BCUT2D eigenvalue weighted by Crippen LogP contribution is -2.63. The van der Waals surface area contributed by atoms with Crippen LogP contribution in [0.25, 0.3) is 0 Å². The maximum absolute atomic E-state index is 14.1. The molecule has 0 radical (unpaired) electrons. The highest BCUT2D eigenvalue weighted by molar-refractivity contribution is 6.30. The number of nitrogens with one attached hydrogen (secondary N) is 2. The molecule has 0 spiro atoms. The number of nitrogens with two attached hydrogens (primary N) is 1. The highest BCUT2D eigenvalue weighted by Gasteiger charge is 2.47. The number of carbonyl (C=O) groups excluding carboxylic acids is 3. The van der Waals surface area contributed by atoms with Crippen molar-refractivity contribution in [1.29, 1.82) is 0 Å². The van der Waals surface area contributed by atoms with Gasteiger partial charge in [-0.1, -0.05) is 49.2 Å². The monoisotopic (exact) mass is 603 g/mol. The molecule has 1 saturated carbocycles. The van der Waals surface area contributed by atoms with Crippen LogP contribution in [-0.2, 0) is 27.2 Å². The third kappa shape index (κ3) is 8.26. The van der Waals surface area contributed by atoms with Crippen LogP contribution in [0.1, 0.15) is 43.7 Å². The molecule has 0 bridgehead atoms. The van der Waals surface area contributed by atoms with Gasteiger partial charge < -0.3 is 21.3 Å². The summed E-state index contributed by atoms with van der Waals surface area (Å²) in [7, 11) is 0. The number of nitrogens with zero attached hydrogens (tertiary/aromatic N) is 2. The van der Waals surface area contributed by atoms with Crippen LogP contribution in [0.15, 0.2) is 48.5 Å². The molecule has 8 nitrogen and oxygen atoms in total. The Morgan fingerprint density at radius 2 is 1.69 bits per heavy atom. The van der Waals surface area contributed by atoms with Crippen molar-refractivity contribution in [2.75, 3.05) is 32.9 Å². The fourth-order valence-electron chi connectivity index (χ4n) is 5.47. The zero-order valence-electron chi connectivity index (χ0n) is 24.0. The minimum atomic E-state index is -0.954. The summed E-state index contributed by atoms with van der Waals surface area (Å²) in [6, 6.07) is 11.5. The Hall–Kier alpha value is -3.08. The van der Waals surface area contributed by atoms with Gasteiger partial charge in [0.05, 0.1) is 11.6 Å². The summed E-state index contributed by atoms with van der Waals surface area (Å²) in [5.41, 5.74) is 6.81. The van der Waals surface area contributed by atoms with Crippen molar-refractivity contribution in [3.8, 4) is 0 Å². The van der Waals surface area contributed by atoms with E-state index < -0.39 is 24.3 Å². The molecule has 1 heterocycles. The summed E-state index contributed by atoms with van der Waals surface area (Å²) in [4.78, 5) is 44.0. The van der Waals surface area contributed by atoms with Crippen molar-refractivity contribution in [3.05, 3.63) is 70.5 Å². The third-order valence-corrected chi connectivity index (χ3v) is 8.35. The van der Waals surface area contributed by atoms with Gasteiger partial charge in [0.15, 0.2) is 0 Å². The largest absolute Gasteiger partial charge is 0.352 e.